The van der Waals surface area contributed by atoms with Gasteiger partial charge in [0.25, 0.3) is 5.91 Å². The number of nitrogens with one attached hydrogen (secondary N) is 3. The smallest absolute Gasteiger partial charge is 0.325 e. The number of carbonyl (C=O) groups excluding carboxylic acids is 2. The van der Waals surface area contributed by atoms with Crippen LogP contribution in [0, 0.1) is 0 Å². The number of carboxylic acid groups (broad SMARTS) is 1. The SMILES string of the molecule is CC(C)NC(=O)Nc1ccccc1C(=O)NC(C)C(=O)O. The number of hydrogen-bond donors (Lipinski definition) is 4. The van der Waals surface area contributed by atoms with Gasteiger partial charge in [0.2, 0.25) is 0 Å². The largest absolute Gasteiger partial charge is 0.480 e. The van der Waals surface area contributed by atoms with Crippen LogP contribution in [0.3, 0.4) is 0 Å². The van der Waals surface area contributed by atoms with Crippen molar-refractivity contribution in [2.45, 2.75) is 32.9 Å². The maximum Gasteiger partial charge on any atom is 0.325 e. The molecule has 0 radical (unpaired) electrons. The maximum absolute atomic E-state index is 12.0. The van der Waals surface area contributed by atoms with Crippen molar-refractivity contribution >= 4 is 23.6 Å². The molecule has 0 aliphatic heterocycles. The summed E-state index contributed by atoms with van der Waals surface area (Å²) < 4.78 is 0. The highest BCUT2D eigenvalue weighted by Crippen LogP contribution is 2.15. The number of anilines is 1. The molecule has 0 heterocycles. The van der Waals surface area contributed by atoms with Crippen LogP contribution in [0.2, 0.25) is 0 Å². The predicted molar refractivity (Wildman–Crippen MR) is 78.3 cm³/mol. The van der Waals surface area contributed by atoms with E-state index < -0.39 is 23.9 Å². The van der Waals surface area contributed by atoms with E-state index in [1.165, 1.54) is 13.0 Å². The van der Waals surface area contributed by atoms with E-state index >= 15 is 0 Å². The Kier molecular flexibility index (Phi) is 5.71. The van der Waals surface area contributed by atoms with Crippen LogP contribution in [0.5, 0.6) is 0 Å². The molecule has 0 saturated heterocycles. The first-order valence-corrected chi connectivity index (χ1v) is 6.51. The summed E-state index contributed by atoms with van der Waals surface area (Å²) in [4.78, 5) is 34.5. The Balaban J connectivity index is 2.86. The summed E-state index contributed by atoms with van der Waals surface area (Å²) in [5.74, 6) is -1.70. The molecule has 7 nitrogen and oxygen atoms in total. The first-order chi connectivity index (χ1) is 9.81. The fourth-order valence-corrected chi connectivity index (χ4v) is 1.55. The van der Waals surface area contributed by atoms with Gasteiger partial charge in [-0.15, -0.1) is 0 Å². The molecule has 21 heavy (non-hydrogen) atoms. The van der Waals surface area contributed by atoms with Crippen LogP contribution in [0.25, 0.3) is 0 Å². The van der Waals surface area contributed by atoms with Gasteiger partial charge in [0.15, 0.2) is 0 Å². The Bertz CT molecular complexity index is 543. The van der Waals surface area contributed by atoms with Gasteiger partial charge >= 0.3 is 12.0 Å². The van der Waals surface area contributed by atoms with Crippen molar-refractivity contribution in [2.75, 3.05) is 5.32 Å². The Hall–Kier alpha value is -2.57. The van der Waals surface area contributed by atoms with Gasteiger partial charge in [-0.1, -0.05) is 12.1 Å². The molecule has 1 atom stereocenters. The normalized spacial score (nSPS) is 11.6. The van der Waals surface area contributed by atoms with Crippen LogP contribution < -0.4 is 16.0 Å². The van der Waals surface area contributed by atoms with E-state index in [2.05, 4.69) is 16.0 Å². The van der Waals surface area contributed by atoms with Crippen molar-refractivity contribution < 1.29 is 19.5 Å². The van der Waals surface area contributed by atoms with Crippen LogP contribution in [-0.2, 0) is 4.79 Å². The molecule has 0 aromatic heterocycles. The van der Waals surface area contributed by atoms with E-state index in [4.69, 9.17) is 5.11 Å². The summed E-state index contributed by atoms with van der Waals surface area (Å²) in [6.07, 6.45) is 0. The summed E-state index contributed by atoms with van der Waals surface area (Å²) in [5.41, 5.74) is 0.509. The number of para-hydroxylation sites is 1. The van der Waals surface area contributed by atoms with Crippen molar-refractivity contribution in [3.05, 3.63) is 29.8 Å². The number of rotatable bonds is 5. The highest BCUT2D eigenvalue weighted by molar-refractivity contribution is 6.04. The van der Waals surface area contributed by atoms with Crippen LogP contribution in [-0.4, -0.2) is 35.1 Å². The Morgan fingerprint density at radius 2 is 1.67 bits per heavy atom. The number of carboxylic acids is 1. The molecule has 1 aromatic carbocycles. The zero-order valence-corrected chi connectivity index (χ0v) is 12.1. The van der Waals surface area contributed by atoms with E-state index in [0.717, 1.165) is 0 Å². The molecular weight excluding hydrogens is 274 g/mol. The van der Waals surface area contributed by atoms with Gasteiger partial charge in [-0.25, -0.2) is 4.79 Å². The molecule has 3 amide bonds. The quantitative estimate of drug-likeness (QED) is 0.658. The lowest BCUT2D eigenvalue weighted by Crippen LogP contribution is -2.39. The number of urea groups is 1. The fraction of sp³-hybridized carbons (Fsp3) is 0.357. The van der Waals surface area contributed by atoms with Gasteiger partial charge in [-0.3, -0.25) is 9.59 Å². The summed E-state index contributed by atoms with van der Waals surface area (Å²) in [7, 11) is 0. The van der Waals surface area contributed by atoms with Crippen molar-refractivity contribution in [2.24, 2.45) is 0 Å². The monoisotopic (exact) mass is 293 g/mol. The Morgan fingerprint density at radius 1 is 1.05 bits per heavy atom. The zero-order valence-electron chi connectivity index (χ0n) is 12.1. The molecule has 0 aliphatic carbocycles. The summed E-state index contributed by atoms with van der Waals surface area (Å²) in [6.45, 7) is 4.99. The van der Waals surface area contributed by atoms with E-state index in [1.807, 2.05) is 13.8 Å². The molecule has 1 rings (SSSR count). The number of hydrogen-bond acceptors (Lipinski definition) is 3. The molecule has 0 fully saturated rings. The Morgan fingerprint density at radius 3 is 2.24 bits per heavy atom. The number of aliphatic carboxylic acids is 1. The van der Waals surface area contributed by atoms with Gasteiger partial charge in [0, 0.05) is 6.04 Å². The summed E-state index contributed by atoms with van der Waals surface area (Å²) >= 11 is 0. The summed E-state index contributed by atoms with van der Waals surface area (Å²) in [5, 5.41) is 16.3. The minimum Gasteiger partial charge on any atom is -0.480 e. The molecule has 0 saturated carbocycles. The second-order valence-electron chi connectivity index (χ2n) is 4.83. The molecule has 4 N–H and O–H groups in total. The molecule has 0 bridgehead atoms. The Labute approximate surface area is 122 Å². The maximum atomic E-state index is 12.0. The second kappa shape index (κ2) is 7.28. The molecule has 0 aliphatic rings. The average Bonchev–Trinajstić information content (AvgIpc) is 2.37. The highest BCUT2D eigenvalue weighted by atomic mass is 16.4. The van der Waals surface area contributed by atoms with Crippen LogP contribution >= 0.6 is 0 Å². The van der Waals surface area contributed by atoms with Gasteiger partial charge < -0.3 is 21.1 Å². The lowest BCUT2D eigenvalue weighted by atomic mass is 10.1. The lowest BCUT2D eigenvalue weighted by Gasteiger charge is -2.14. The number of carbonyl (C=O) groups is 3. The van der Waals surface area contributed by atoms with Gasteiger partial charge in [-0.2, -0.15) is 0 Å². The van der Waals surface area contributed by atoms with Gasteiger partial charge in [-0.05, 0) is 32.9 Å². The molecule has 114 valence electrons. The van der Waals surface area contributed by atoms with E-state index in [-0.39, 0.29) is 11.6 Å². The first kappa shape index (κ1) is 16.5. The van der Waals surface area contributed by atoms with E-state index in [9.17, 15) is 14.4 Å². The van der Waals surface area contributed by atoms with Gasteiger partial charge in [0.1, 0.15) is 6.04 Å². The third-order valence-electron chi connectivity index (χ3n) is 2.56. The number of amides is 3. The summed E-state index contributed by atoms with van der Waals surface area (Å²) in [6, 6.07) is 4.88. The van der Waals surface area contributed by atoms with Crippen LogP contribution in [0.1, 0.15) is 31.1 Å². The van der Waals surface area contributed by atoms with Crippen LogP contribution in [0.4, 0.5) is 10.5 Å². The molecular formula is C14H19N3O4. The highest BCUT2D eigenvalue weighted by Gasteiger charge is 2.18. The lowest BCUT2D eigenvalue weighted by molar-refractivity contribution is -0.138. The minimum atomic E-state index is -1.13. The number of benzene rings is 1. The topological polar surface area (TPSA) is 108 Å². The van der Waals surface area contributed by atoms with Crippen molar-refractivity contribution in [1.29, 1.82) is 0 Å². The molecule has 1 aromatic rings. The standard InChI is InChI=1S/C14H19N3O4/c1-8(2)15-14(21)17-11-7-5-4-6-10(11)12(18)16-9(3)13(19)20/h4-9H,1-3H3,(H,16,18)(H,19,20)(H2,15,17,21). The van der Waals surface area contributed by atoms with Crippen molar-refractivity contribution in [1.82, 2.24) is 10.6 Å². The zero-order chi connectivity index (χ0) is 16.0. The van der Waals surface area contributed by atoms with E-state index in [1.54, 1.807) is 18.2 Å². The predicted octanol–water partition coefficient (Wildman–Crippen LogP) is 1.42. The molecule has 1 unspecified atom stereocenters. The van der Waals surface area contributed by atoms with Crippen molar-refractivity contribution in [3.63, 3.8) is 0 Å². The molecule has 7 heteroatoms. The minimum absolute atomic E-state index is 0.0435. The second-order valence-corrected chi connectivity index (χ2v) is 4.83. The molecule has 0 spiro atoms. The third kappa shape index (κ3) is 5.13. The van der Waals surface area contributed by atoms with Crippen molar-refractivity contribution in [3.8, 4) is 0 Å². The van der Waals surface area contributed by atoms with Gasteiger partial charge in [0.05, 0.1) is 11.3 Å². The van der Waals surface area contributed by atoms with Crippen LogP contribution in [0.15, 0.2) is 24.3 Å². The average molecular weight is 293 g/mol. The third-order valence-corrected chi connectivity index (χ3v) is 2.56. The van der Waals surface area contributed by atoms with E-state index in [0.29, 0.717) is 5.69 Å². The fourth-order valence-electron chi connectivity index (χ4n) is 1.55. The first-order valence-electron chi connectivity index (χ1n) is 6.51.